The molecule has 0 bridgehead atoms. The molecule has 0 unspecified atom stereocenters. The monoisotopic (exact) mass is 187 g/mol. The summed E-state index contributed by atoms with van der Waals surface area (Å²) in [5.41, 5.74) is 3.17. The van der Waals surface area contributed by atoms with E-state index in [4.69, 9.17) is 12.2 Å². The minimum atomic E-state index is 0.749. The maximum absolute atomic E-state index is 5.07. The maximum atomic E-state index is 5.07. The van der Waals surface area contributed by atoms with Gasteiger partial charge in [0.2, 0.25) is 0 Å². The molecule has 0 amide bonds. The van der Waals surface area contributed by atoms with Crippen LogP contribution in [-0.4, -0.2) is 29.8 Å². The number of hydrazine groups is 1. The summed E-state index contributed by atoms with van der Waals surface area (Å²) in [4.78, 5) is 0. The fourth-order valence-electron chi connectivity index (χ4n) is 1.35. The van der Waals surface area contributed by atoms with Crippen molar-refractivity contribution in [2.24, 2.45) is 0 Å². The van der Waals surface area contributed by atoms with E-state index in [0.29, 0.717) is 0 Å². The van der Waals surface area contributed by atoms with Crippen LogP contribution >= 0.6 is 12.2 Å². The SMILES string of the molecule is CCNC(=S)NN1CCCCC1. The van der Waals surface area contributed by atoms with Gasteiger partial charge in [-0.2, -0.15) is 0 Å². The summed E-state index contributed by atoms with van der Waals surface area (Å²) >= 11 is 5.07. The normalized spacial score (nSPS) is 18.8. The summed E-state index contributed by atoms with van der Waals surface area (Å²) in [5.74, 6) is 0. The van der Waals surface area contributed by atoms with Gasteiger partial charge in [0.15, 0.2) is 5.11 Å². The number of thiocarbonyl (C=S) groups is 1. The van der Waals surface area contributed by atoms with Crippen molar-refractivity contribution in [2.75, 3.05) is 19.6 Å². The van der Waals surface area contributed by atoms with Gasteiger partial charge in [0.1, 0.15) is 0 Å². The van der Waals surface area contributed by atoms with E-state index in [2.05, 4.69) is 15.8 Å². The molecule has 1 heterocycles. The van der Waals surface area contributed by atoms with Gasteiger partial charge in [-0.3, -0.25) is 5.43 Å². The summed E-state index contributed by atoms with van der Waals surface area (Å²) in [5, 5.41) is 6.01. The van der Waals surface area contributed by atoms with Crippen LogP contribution in [-0.2, 0) is 0 Å². The summed E-state index contributed by atoms with van der Waals surface area (Å²) in [7, 11) is 0. The van der Waals surface area contributed by atoms with Crippen LogP contribution in [0.1, 0.15) is 26.2 Å². The Morgan fingerprint density at radius 1 is 1.33 bits per heavy atom. The lowest BCUT2D eigenvalue weighted by Crippen LogP contribution is -2.49. The van der Waals surface area contributed by atoms with Crippen molar-refractivity contribution < 1.29 is 0 Å². The molecule has 3 nitrogen and oxygen atoms in total. The molecule has 0 spiro atoms. The first-order valence-corrected chi connectivity index (χ1v) is 5.03. The van der Waals surface area contributed by atoms with E-state index in [9.17, 15) is 0 Å². The van der Waals surface area contributed by atoms with E-state index in [1.807, 2.05) is 6.92 Å². The summed E-state index contributed by atoms with van der Waals surface area (Å²) in [6, 6.07) is 0. The molecule has 4 heteroatoms. The highest BCUT2D eigenvalue weighted by molar-refractivity contribution is 7.80. The zero-order chi connectivity index (χ0) is 8.81. The first-order chi connectivity index (χ1) is 5.83. The zero-order valence-electron chi connectivity index (χ0n) is 7.60. The van der Waals surface area contributed by atoms with Crippen molar-refractivity contribution in [3.05, 3.63) is 0 Å². The molecule has 0 aromatic carbocycles. The summed E-state index contributed by atoms with van der Waals surface area (Å²) < 4.78 is 0. The highest BCUT2D eigenvalue weighted by Crippen LogP contribution is 2.05. The molecular weight excluding hydrogens is 170 g/mol. The molecule has 1 saturated heterocycles. The quantitative estimate of drug-likeness (QED) is 0.627. The lowest BCUT2D eigenvalue weighted by Gasteiger charge is -2.27. The number of nitrogens with one attached hydrogen (secondary N) is 2. The maximum Gasteiger partial charge on any atom is 0.181 e. The van der Waals surface area contributed by atoms with Gasteiger partial charge in [-0.1, -0.05) is 6.42 Å². The van der Waals surface area contributed by atoms with Gasteiger partial charge in [0.25, 0.3) is 0 Å². The molecule has 70 valence electrons. The van der Waals surface area contributed by atoms with Crippen LogP contribution in [0.2, 0.25) is 0 Å². The fourth-order valence-corrected chi connectivity index (χ4v) is 1.62. The van der Waals surface area contributed by atoms with Crippen molar-refractivity contribution >= 4 is 17.3 Å². The Morgan fingerprint density at radius 2 is 2.00 bits per heavy atom. The third-order valence-corrected chi connectivity index (χ3v) is 2.19. The molecule has 0 aliphatic carbocycles. The second-order valence-electron chi connectivity index (χ2n) is 3.02. The smallest absolute Gasteiger partial charge is 0.181 e. The molecule has 1 aliphatic heterocycles. The lowest BCUT2D eigenvalue weighted by molar-refractivity contribution is 0.194. The van der Waals surface area contributed by atoms with Crippen molar-refractivity contribution in [1.82, 2.24) is 15.8 Å². The molecule has 0 atom stereocenters. The Bertz CT molecular complexity index is 143. The molecule has 1 aliphatic rings. The van der Waals surface area contributed by atoms with E-state index in [1.165, 1.54) is 19.3 Å². The largest absolute Gasteiger partial charge is 0.362 e. The summed E-state index contributed by atoms with van der Waals surface area (Å²) in [6.07, 6.45) is 3.91. The lowest BCUT2D eigenvalue weighted by atomic mass is 10.2. The number of nitrogens with zero attached hydrogens (tertiary/aromatic N) is 1. The molecular formula is C8H17N3S. The predicted octanol–water partition coefficient (Wildman–Crippen LogP) is 0.871. The topological polar surface area (TPSA) is 27.3 Å². The van der Waals surface area contributed by atoms with Crippen LogP contribution < -0.4 is 10.7 Å². The van der Waals surface area contributed by atoms with Crippen molar-refractivity contribution in [3.63, 3.8) is 0 Å². The Kier molecular flexibility index (Phi) is 4.32. The minimum absolute atomic E-state index is 0.749. The standard InChI is InChI=1S/C8H17N3S/c1-2-9-8(12)10-11-6-4-3-5-7-11/h2-7H2,1H3,(H2,9,10,12). The molecule has 0 radical (unpaired) electrons. The number of hydrogen-bond donors (Lipinski definition) is 2. The number of piperidine rings is 1. The first-order valence-electron chi connectivity index (χ1n) is 4.62. The Morgan fingerprint density at radius 3 is 2.58 bits per heavy atom. The average Bonchev–Trinajstić information content (AvgIpc) is 2.06. The third-order valence-electron chi connectivity index (χ3n) is 1.95. The van der Waals surface area contributed by atoms with Gasteiger partial charge in [0.05, 0.1) is 0 Å². The van der Waals surface area contributed by atoms with Gasteiger partial charge in [-0.05, 0) is 32.0 Å². The van der Waals surface area contributed by atoms with Crippen LogP contribution in [0.3, 0.4) is 0 Å². The first kappa shape index (κ1) is 9.74. The summed E-state index contributed by atoms with van der Waals surface area (Å²) in [6.45, 7) is 5.17. The van der Waals surface area contributed by atoms with Gasteiger partial charge in [-0.15, -0.1) is 0 Å². The Balaban J connectivity index is 2.15. The number of hydrogen-bond acceptors (Lipinski definition) is 2. The second kappa shape index (κ2) is 5.32. The molecule has 1 rings (SSSR count). The van der Waals surface area contributed by atoms with Crippen LogP contribution in [0.5, 0.6) is 0 Å². The van der Waals surface area contributed by atoms with Gasteiger partial charge < -0.3 is 5.32 Å². The van der Waals surface area contributed by atoms with Crippen molar-refractivity contribution in [1.29, 1.82) is 0 Å². The second-order valence-corrected chi connectivity index (χ2v) is 3.43. The van der Waals surface area contributed by atoms with E-state index in [-0.39, 0.29) is 0 Å². The fraction of sp³-hybridized carbons (Fsp3) is 0.875. The molecule has 1 fully saturated rings. The van der Waals surface area contributed by atoms with E-state index < -0.39 is 0 Å². The van der Waals surface area contributed by atoms with Crippen LogP contribution in [0.15, 0.2) is 0 Å². The predicted molar refractivity (Wildman–Crippen MR) is 54.8 cm³/mol. The van der Waals surface area contributed by atoms with Crippen molar-refractivity contribution in [3.8, 4) is 0 Å². The van der Waals surface area contributed by atoms with E-state index >= 15 is 0 Å². The molecule has 12 heavy (non-hydrogen) atoms. The highest BCUT2D eigenvalue weighted by Gasteiger charge is 2.09. The molecule has 0 saturated carbocycles. The molecule has 0 aromatic heterocycles. The van der Waals surface area contributed by atoms with Crippen LogP contribution in [0.4, 0.5) is 0 Å². The van der Waals surface area contributed by atoms with Crippen LogP contribution in [0, 0.1) is 0 Å². The Hall–Kier alpha value is -0.350. The number of rotatable bonds is 2. The van der Waals surface area contributed by atoms with E-state index in [1.54, 1.807) is 0 Å². The van der Waals surface area contributed by atoms with Gasteiger partial charge in [0, 0.05) is 19.6 Å². The third kappa shape index (κ3) is 3.36. The minimum Gasteiger partial charge on any atom is -0.362 e. The molecule has 0 aromatic rings. The average molecular weight is 187 g/mol. The highest BCUT2D eigenvalue weighted by atomic mass is 32.1. The van der Waals surface area contributed by atoms with Gasteiger partial charge >= 0.3 is 0 Å². The Labute approximate surface area is 79.5 Å². The van der Waals surface area contributed by atoms with Crippen molar-refractivity contribution in [2.45, 2.75) is 26.2 Å². The van der Waals surface area contributed by atoms with E-state index in [0.717, 1.165) is 24.7 Å². The zero-order valence-corrected chi connectivity index (χ0v) is 8.41. The van der Waals surface area contributed by atoms with Gasteiger partial charge in [-0.25, -0.2) is 5.01 Å². The van der Waals surface area contributed by atoms with Crippen LogP contribution in [0.25, 0.3) is 0 Å². The molecule has 2 N–H and O–H groups in total.